The number of nitrogens with zero attached hydrogens (tertiary/aromatic N) is 1. The summed E-state index contributed by atoms with van der Waals surface area (Å²) in [5, 5.41) is 5.37. The van der Waals surface area contributed by atoms with Crippen LogP contribution in [-0.4, -0.2) is 56.3 Å². The predicted molar refractivity (Wildman–Crippen MR) is 111 cm³/mol. The molecule has 4 rings (SSSR count). The summed E-state index contributed by atoms with van der Waals surface area (Å²) in [6.45, 7) is 4.16. The van der Waals surface area contributed by atoms with Gasteiger partial charge in [0.1, 0.15) is 5.75 Å². The topological polar surface area (TPSA) is 50.8 Å². The zero-order chi connectivity index (χ0) is 19.4. The molecule has 0 bridgehead atoms. The molecular weight excluding hydrogens is 352 g/mol. The van der Waals surface area contributed by atoms with Gasteiger partial charge in [-0.05, 0) is 35.7 Å². The monoisotopic (exact) mass is 382 g/mol. The van der Waals surface area contributed by atoms with Crippen LogP contribution in [0.25, 0.3) is 10.8 Å². The van der Waals surface area contributed by atoms with Crippen molar-refractivity contribution in [3.63, 3.8) is 0 Å². The van der Waals surface area contributed by atoms with E-state index in [-0.39, 0.29) is 11.4 Å². The average Bonchev–Trinajstić information content (AvgIpc) is 2.77. The van der Waals surface area contributed by atoms with Gasteiger partial charge in [0.05, 0.1) is 25.9 Å². The number of carbonyl (C=O) groups is 1. The largest absolute Gasteiger partial charge is 0.496 e. The highest BCUT2D eigenvalue weighted by molar-refractivity contribution is 6.01. The summed E-state index contributed by atoms with van der Waals surface area (Å²) in [6.07, 6.45) is 6.03. The van der Waals surface area contributed by atoms with Crippen molar-refractivity contribution in [3.8, 4) is 5.75 Å². The van der Waals surface area contributed by atoms with Gasteiger partial charge in [0.15, 0.2) is 0 Å². The summed E-state index contributed by atoms with van der Waals surface area (Å²) in [4.78, 5) is 15.7. The maximum Gasteiger partial charge on any atom is 0.255 e. The Hall–Kier alpha value is -2.11. The lowest BCUT2D eigenvalue weighted by Crippen LogP contribution is -2.59. The van der Waals surface area contributed by atoms with Crippen molar-refractivity contribution in [2.24, 2.45) is 0 Å². The summed E-state index contributed by atoms with van der Waals surface area (Å²) in [7, 11) is 1.62. The molecule has 1 aliphatic heterocycles. The van der Waals surface area contributed by atoms with E-state index < -0.39 is 0 Å². The first kappa shape index (κ1) is 19.2. The van der Waals surface area contributed by atoms with Gasteiger partial charge in [-0.2, -0.15) is 0 Å². The zero-order valence-electron chi connectivity index (χ0n) is 16.7. The Labute approximate surface area is 167 Å². The van der Waals surface area contributed by atoms with Gasteiger partial charge in [-0.25, -0.2) is 0 Å². The third kappa shape index (κ3) is 3.87. The molecule has 1 saturated carbocycles. The minimum absolute atomic E-state index is 0.0548. The predicted octanol–water partition coefficient (Wildman–Crippen LogP) is 3.61. The van der Waals surface area contributed by atoms with Crippen LogP contribution in [0.5, 0.6) is 5.75 Å². The Morgan fingerprint density at radius 1 is 1.11 bits per heavy atom. The van der Waals surface area contributed by atoms with Gasteiger partial charge >= 0.3 is 0 Å². The fourth-order valence-corrected chi connectivity index (χ4v) is 4.76. The average molecular weight is 383 g/mol. The van der Waals surface area contributed by atoms with Crippen LogP contribution < -0.4 is 10.1 Å². The van der Waals surface area contributed by atoms with E-state index in [1.165, 1.54) is 19.3 Å². The number of nitrogens with one attached hydrogen (secondary N) is 1. The molecule has 2 aromatic rings. The number of amides is 1. The van der Waals surface area contributed by atoms with Crippen LogP contribution in [0.3, 0.4) is 0 Å². The number of rotatable bonds is 5. The van der Waals surface area contributed by atoms with E-state index in [0.717, 1.165) is 49.9 Å². The van der Waals surface area contributed by atoms with E-state index in [1.54, 1.807) is 7.11 Å². The number of hydrogen-bond donors (Lipinski definition) is 1. The Morgan fingerprint density at radius 2 is 1.79 bits per heavy atom. The molecule has 2 aromatic carbocycles. The number of methoxy groups -OCH3 is 1. The lowest BCUT2D eigenvalue weighted by Gasteiger charge is -2.48. The van der Waals surface area contributed by atoms with Crippen LogP contribution in [0, 0.1) is 0 Å². The van der Waals surface area contributed by atoms with E-state index in [1.807, 2.05) is 36.4 Å². The number of carbonyl (C=O) groups excluding carboxylic acids is 1. The van der Waals surface area contributed by atoms with Crippen molar-refractivity contribution >= 4 is 16.7 Å². The van der Waals surface area contributed by atoms with Gasteiger partial charge in [-0.3, -0.25) is 9.69 Å². The first-order valence-electron chi connectivity index (χ1n) is 10.4. The second kappa shape index (κ2) is 8.50. The molecule has 2 fully saturated rings. The fraction of sp³-hybridized carbons (Fsp3) is 0.522. The number of benzene rings is 2. The van der Waals surface area contributed by atoms with E-state index in [9.17, 15) is 4.79 Å². The number of ether oxygens (including phenoxy) is 2. The highest BCUT2D eigenvalue weighted by atomic mass is 16.5. The van der Waals surface area contributed by atoms with Crippen molar-refractivity contribution in [1.29, 1.82) is 0 Å². The van der Waals surface area contributed by atoms with Crippen LogP contribution in [0.1, 0.15) is 42.5 Å². The van der Waals surface area contributed by atoms with Crippen molar-refractivity contribution in [1.82, 2.24) is 10.2 Å². The fourth-order valence-electron chi connectivity index (χ4n) is 4.76. The molecular formula is C23H30N2O3. The molecule has 1 heterocycles. The van der Waals surface area contributed by atoms with Gasteiger partial charge < -0.3 is 14.8 Å². The van der Waals surface area contributed by atoms with Gasteiger partial charge in [-0.15, -0.1) is 0 Å². The van der Waals surface area contributed by atoms with Crippen molar-refractivity contribution in [2.75, 3.05) is 40.0 Å². The zero-order valence-corrected chi connectivity index (χ0v) is 16.7. The van der Waals surface area contributed by atoms with E-state index >= 15 is 0 Å². The van der Waals surface area contributed by atoms with Crippen LogP contribution >= 0.6 is 0 Å². The second-order valence-corrected chi connectivity index (χ2v) is 7.97. The molecule has 0 unspecified atom stereocenters. The molecule has 0 radical (unpaired) electrons. The molecule has 0 atom stereocenters. The standard InChI is InChI=1S/C23H30N2O3/c1-27-21-16-19-8-4-3-7-18(19)15-20(21)22(26)24-17-23(9-5-2-6-10-23)25-11-13-28-14-12-25/h3-4,7-8,15-16H,2,5-6,9-14,17H2,1H3,(H,24,26). The maximum absolute atomic E-state index is 13.1. The summed E-state index contributed by atoms with van der Waals surface area (Å²) < 4.78 is 11.1. The molecule has 1 amide bonds. The third-order valence-electron chi connectivity index (χ3n) is 6.36. The number of fused-ring (bicyclic) bond motifs is 1. The molecule has 2 aliphatic rings. The Kier molecular flexibility index (Phi) is 5.83. The van der Waals surface area contributed by atoms with Crippen molar-refractivity contribution in [2.45, 2.75) is 37.6 Å². The summed E-state index contributed by atoms with van der Waals surface area (Å²) >= 11 is 0. The molecule has 1 N–H and O–H groups in total. The molecule has 5 heteroatoms. The molecule has 150 valence electrons. The van der Waals surface area contributed by atoms with E-state index in [4.69, 9.17) is 9.47 Å². The molecule has 1 aliphatic carbocycles. The first-order valence-corrected chi connectivity index (χ1v) is 10.4. The highest BCUT2D eigenvalue weighted by Gasteiger charge is 2.39. The molecule has 0 aromatic heterocycles. The highest BCUT2D eigenvalue weighted by Crippen LogP contribution is 2.34. The third-order valence-corrected chi connectivity index (χ3v) is 6.36. The maximum atomic E-state index is 13.1. The normalized spacial score (nSPS) is 20.0. The molecule has 28 heavy (non-hydrogen) atoms. The van der Waals surface area contributed by atoms with Crippen LogP contribution in [0.2, 0.25) is 0 Å². The minimum atomic E-state index is -0.0548. The summed E-state index contributed by atoms with van der Waals surface area (Å²) in [6, 6.07) is 11.9. The second-order valence-electron chi connectivity index (χ2n) is 7.97. The Morgan fingerprint density at radius 3 is 2.46 bits per heavy atom. The Balaban J connectivity index is 1.54. The number of morpholine rings is 1. The number of hydrogen-bond acceptors (Lipinski definition) is 4. The van der Waals surface area contributed by atoms with Crippen molar-refractivity contribution in [3.05, 3.63) is 42.0 Å². The van der Waals surface area contributed by atoms with Gasteiger partial charge in [0.2, 0.25) is 0 Å². The summed E-state index contributed by atoms with van der Waals surface area (Å²) in [5.41, 5.74) is 0.663. The van der Waals surface area contributed by atoms with Gasteiger partial charge in [-0.1, -0.05) is 43.5 Å². The smallest absolute Gasteiger partial charge is 0.255 e. The van der Waals surface area contributed by atoms with E-state index in [2.05, 4.69) is 10.2 Å². The quantitative estimate of drug-likeness (QED) is 0.858. The van der Waals surface area contributed by atoms with Gasteiger partial charge in [0, 0.05) is 25.2 Å². The molecule has 1 saturated heterocycles. The molecule has 0 spiro atoms. The summed E-state index contributed by atoms with van der Waals surface area (Å²) in [5.74, 6) is 0.570. The lowest BCUT2D eigenvalue weighted by atomic mass is 9.79. The lowest BCUT2D eigenvalue weighted by molar-refractivity contribution is -0.0361. The molecule has 5 nitrogen and oxygen atoms in total. The van der Waals surface area contributed by atoms with Crippen molar-refractivity contribution < 1.29 is 14.3 Å². The van der Waals surface area contributed by atoms with Gasteiger partial charge in [0.25, 0.3) is 5.91 Å². The van der Waals surface area contributed by atoms with Crippen LogP contribution in [0.4, 0.5) is 0 Å². The first-order chi connectivity index (χ1) is 13.7. The van der Waals surface area contributed by atoms with Crippen LogP contribution in [0.15, 0.2) is 36.4 Å². The van der Waals surface area contributed by atoms with Crippen LogP contribution in [-0.2, 0) is 4.74 Å². The minimum Gasteiger partial charge on any atom is -0.496 e. The SMILES string of the molecule is COc1cc2ccccc2cc1C(=O)NCC1(N2CCOCC2)CCCCC1. The Bertz CT molecular complexity index is 824. The van der Waals surface area contributed by atoms with E-state index in [0.29, 0.717) is 17.9 Å².